The predicted molar refractivity (Wildman–Crippen MR) is 75.0 cm³/mol. The molecule has 1 amide bonds. The lowest BCUT2D eigenvalue weighted by molar-refractivity contribution is 0.0920. The van der Waals surface area contributed by atoms with Gasteiger partial charge in [-0.25, -0.2) is 4.68 Å². The molecule has 110 valence electrons. The largest absolute Gasteiger partial charge is 0.345 e. The number of hydrogen-bond acceptors (Lipinski definition) is 4. The van der Waals surface area contributed by atoms with E-state index >= 15 is 0 Å². The fourth-order valence-electron chi connectivity index (χ4n) is 2.99. The van der Waals surface area contributed by atoms with Gasteiger partial charge in [-0.15, -0.1) is 5.10 Å². The molecule has 0 bridgehead atoms. The van der Waals surface area contributed by atoms with Crippen molar-refractivity contribution in [1.82, 2.24) is 30.1 Å². The third-order valence-electron chi connectivity index (χ3n) is 4.56. The topological polar surface area (TPSA) is 77.6 Å². The van der Waals surface area contributed by atoms with E-state index in [0.29, 0.717) is 11.6 Å². The van der Waals surface area contributed by atoms with Gasteiger partial charge in [0.15, 0.2) is 5.69 Å². The molecule has 0 aliphatic heterocycles. The van der Waals surface area contributed by atoms with Crippen molar-refractivity contribution in [2.45, 2.75) is 38.1 Å². The van der Waals surface area contributed by atoms with E-state index in [1.54, 1.807) is 15.6 Å². The van der Waals surface area contributed by atoms with Gasteiger partial charge < -0.3 is 5.32 Å². The molecule has 0 spiro atoms. The van der Waals surface area contributed by atoms with Crippen molar-refractivity contribution in [3.8, 4) is 5.69 Å². The highest BCUT2D eigenvalue weighted by molar-refractivity contribution is 5.94. The number of nitrogens with zero attached hydrogens (tertiary/aromatic N) is 5. The molecule has 2 aliphatic rings. The van der Waals surface area contributed by atoms with Crippen LogP contribution in [0.3, 0.4) is 0 Å². The molecule has 7 heteroatoms. The Balaban J connectivity index is 1.58. The van der Waals surface area contributed by atoms with Crippen LogP contribution in [0.15, 0.2) is 12.4 Å². The summed E-state index contributed by atoms with van der Waals surface area (Å²) in [4.78, 5) is 12.5. The quantitative estimate of drug-likeness (QED) is 0.909. The van der Waals surface area contributed by atoms with Crippen molar-refractivity contribution in [3.63, 3.8) is 0 Å². The summed E-state index contributed by atoms with van der Waals surface area (Å²) in [5, 5.41) is 15.4. The number of aromatic nitrogens is 5. The van der Waals surface area contributed by atoms with Gasteiger partial charge in [-0.05, 0) is 38.5 Å². The molecular formula is C14H18N6O. The number of nitrogens with one attached hydrogen (secondary N) is 1. The molecule has 2 aromatic rings. The first-order valence-electron chi connectivity index (χ1n) is 7.33. The Morgan fingerprint density at radius 1 is 1.43 bits per heavy atom. The van der Waals surface area contributed by atoms with Gasteiger partial charge in [0.25, 0.3) is 5.91 Å². The van der Waals surface area contributed by atoms with Gasteiger partial charge in [-0.3, -0.25) is 9.48 Å². The van der Waals surface area contributed by atoms with Gasteiger partial charge >= 0.3 is 0 Å². The zero-order valence-corrected chi connectivity index (χ0v) is 12.2. The molecule has 0 unspecified atom stereocenters. The molecule has 0 aromatic carbocycles. The normalized spacial score (nSPS) is 19.5. The van der Waals surface area contributed by atoms with Gasteiger partial charge in [-0.1, -0.05) is 5.21 Å². The second kappa shape index (κ2) is 4.16. The zero-order chi connectivity index (χ0) is 14.6. The van der Waals surface area contributed by atoms with Gasteiger partial charge in [-0.2, -0.15) is 5.10 Å². The van der Waals surface area contributed by atoms with Crippen LogP contribution < -0.4 is 5.32 Å². The fourth-order valence-corrected chi connectivity index (χ4v) is 2.99. The summed E-state index contributed by atoms with van der Waals surface area (Å²) in [6, 6.07) is 0. The number of carbonyl (C=O) groups excluding carboxylic acids is 1. The summed E-state index contributed by atoms with van der Waals surface area (Å²) >= 11 is 0. The van der Waals surface area contributed by atoms with Gasteiger partial charge in [0.05, 0.1) is 18.1 Å². The maximum Gasteiger partial charge on any atom is 0.274 e. The maximum atomic E-state index is 12.5. The van der Waals surface area contributed by atoms with Crippen LogP contribution in [0.4, 0.5) is 0 Å². The molecule has 0 radical (unpaired) electrons. The van der Waals surface area contributed by atoms with E-state index < -0.39 is 0 Å². The number of aryl methyl sites for hydroxylation is 1. The molecule has 4 rings (SSSR count). The van der Waals surface area contributed by atoms with E-state index in [1.165, 1.54) is 12.8 Å². The standard InChI is InChI=1S/C14H18N6O/c1-9-12(13(21)16-14(5-6-14)10-3-4-10)17-18-20(9)11-7-15-19(2)8-11/h7-8,10H,3-6H2,1-2H3,(H,16,21). The Bertz CT molecular complexity index is 707. The van der Waals surface area contributed by atoms with E-state index in [9.17, 15) is 4.79 Å². The number of carbonyl (C=O) groups is 1. The van der Waals surface area contributed by atoms with Gasteiger partial charge in [0.2, 0.25) is 0 Å². The second-order valence-corrected chi connectivity index (χ2v) is 6.19. The monoisotopic (exact) mass is 286 g/mol. The lowest BCUT2D eigenvalue weighted by atomic mass is 10.1. The molecule has 1 N–H and O–H groups in total. The summed E-state index contributed by atoms with van der Waals surface area (Å²) in [6.07, 6.45) is 8.22. The van der Waals surface area contributed by atoms with Crippen LogP contribution in [0.5, 0.6) is 0 Å². The van der Waals surface area contributed by atoms with Crippen molar-refractivity contribution in [3.05, 3.63) is 23.8 Å². The Morgan fingerprint density at radius 2 is 2.19 bits per heavy atom. The van der Waals surface area contributed by atoms with E-state index in [1.807, 2.05) is 20.2 Å². The summed E-state index contributed by atoms with van der Waals surface area (Å²) in [5.74, 6) is 0.571. The van der Waals surface area contributed by atoms with Crippen molar-refractivity contribution < 1.29 is 4.79 Å². The van der Waals surface area contributed by atoms with E-state index in [4.69, 9.17) is 0 Å². The van der Waals surface area contributed by atoms with E-state index in [2.05, 4.69) is 20.7 Å². The Labute approximate surface area is 122 Å². The lowest BCUT2D eigenvalue weighted by Gasteiger charge is -2.15. The average molecular weight is 286 g/mol. The lowest BCUT2D eigenvalue weighted by Crippen LogP contribution is -2.39. The molecule has 0 atom stereocenters. The third-order valence-corrected chi connectivity index (χ3v) is 4.56. The first-order valence-corrected chi connectivity index (χ1v) is 7.33. The highest BCUT2D eigenvalue weighted by atomic mass is 16.2. The highest BCUT2D eigenvalue weighted by Gasteiger charge is 2.55. The Hall–Kier alpha value is -2.18. The van der Waals surface area contributed by atoms with Gasteiger partial charge in [0, 0.05) is 12.6 Å². The smallest absolute Gasteiger partial charge is 0.274 e. The molecule has 2 aliphatic carbocycles. The molecule has 21 heavy (non-hydrogen) atoms. The first kappa shape index (κ1) is 12.6. The van der Waals surface area contributed by atoms with Crippen LogP contribution in [-0.4, -0.2) is 36.2 Å². The first-order chi connectivity index (χ1) is 10.1. The van der Waals surface area contributed by atoms with Crippen LogP contribution in [0.25, 0.3) is 5.69 Å². The van der Waals surface area contributed by atoms with E-state index in [-0.39, 0.29) is 11.4 Å². The van der Waals surface area contributed by atoms with Crippen LogP contribution in [-0.2, 0) is 7.05 Å². The summed E-state index contributed by atoms with van der Waals surface area (Å²) in [5.41, 5.74) is 2.02. The molecule has 7 nitrogen and oxygen atoms in total. The van der Waals surface area contributed by atoms with Crippen molar-refractivity contribution >= 4 is 5.91 Å². The summed E-state index contributed by atoms with van der Waals surface area (Å²) in [7, 11) is 1.84. The SMILES string of the molecule is Cc1c(C(=O)NC2(C3CC3)CC2)nnn1-c1cnn(C)c1. The molecule has 0 saturated heterocycles. The van der Waals surface area contributed by atoms with Crippen LogP contribution in [0.2, 0.25) is 0 Å². The Morgan fingerprint density at radius 3 is 2.76 bits per heavy atom. The van der Waals surface area contributed by atoms with Crippen molar-refractivity contribution in [2.75, 3.05) is 0 Å². The molecule has 2 heterocycles. The zero-order valence-electron chi connectivity index (χ0n) is 12.2. The second-order valence-electron chi connectivity index (χ2n) is 6.19. The van der Waals surface area contributed by atoms with E-state index in [0.717, 1.165) is 24.2 Å². The van der Waals surface area contributed by atoms with Crippen LogP contribution in [0, 0.1) is 12.8 Å². The van der Waals surface area contributed by atoms with Crippen LogP contribution >= 0.6 is 0 Å². The minimum Gasteiger partial charge on any atom is -0.345 e. The third kappa shape index (κ3) is 2.03. The number of hydrogen-bond donors (Lipinski definition) is 1. The predicted octanol–water partition coefficient (Wildman–Crippen LogP) is 0.982. The highest BCUT2D eigenvalue weighted by Crippen LogP contribution is 2.53. The summed E-state index contributed by atoms with van der Waals surface area (Å²) in [6.45, 7) is 1.86. The van der Waals surface area contributed by atoms with Gasteiger partial charge in [0.1, 0.15) is 5.69 Å². The number of amides is 1. The van der Waals surface area contributed by atoms with Crippen molar-refractivity contribution in [1.29, 1.82) is 0 Å². The molecule has 2 saturated carbocycles. The Kier molecular flexibility index (Phi) is 2.49. The number of rotatable bonds is 4. The molecule has 2 fully saturated rings. The fraction of sp³-hybridized carbons (Fsp3) is 0.571. The summed E-state index contributed by atoms with van der Waals surface area (Å²) < 4.78 is 3.35. The molecule has 2 aromatic heterocycles. The maximum absolute atomic E-state index is 12.5. The minimum absolute atomic E-state index is 0.0571. The minimum atomic E-state index is -0.105. The van der Waals surface area contributed by atoms with Crippen LogP contribution in [0.1, 0.15) is 41.9 Å². The molecular weight excluding hydrogens is 268 g/mol. The average Bonchev–Trinajstić information content (AvgIpc) is 3.34. The van der Waals surface area contributed by atoms with Crippen molar-refractivity contribution in [2.24, 2.45) is 13.0 Å².